The predicted octanol–water partition coefficient (Wildman–Crippen LogP) is 3.20. The van der Waals surface area contributed by atoms with Gasteiger partial charge in [0.05, 0.1) is 44.8 Å². The molecule has 160 valence electrons. The molecule has 10 nitrogen and oxygen atoms in total. The normalized spacial score (nSPS) is 13.4. The van der Waals surface area contributed by atoms with Crippen LogP contribution in [0.4, 0.5) is 11.6 Å². The summed E-state index contributed by atoms with van der Waals surface area (Å²) in [5.41, 5.74) is 1.63. The van der Waals surface area contributed by atoms with Crippen molar-refractivity contribution in [3.05, 3.63) is 36.7 Å². The highest BCUT2D eigenvalue weighted by molar-refractivity contribution is 5.88. The third kappa shape index (κ3) is 3.39. The Kier molecular flexibility index (Phi) is 4.61. The number of rotatable bonds is 7. The third-order valence-electron chi connectivity index (χ3n) is 5.33. The van der Waals surface area contributed by atoms with Crippen molar-refractivity contribution in [2.24, 2.45) is 7.05 Å². The quantitative estimate of drug-likeness (QED) is 0.485. The first-order chi connectivity index (χ1) is 15.1. The molecule has 5 rings (SSSR count). The molecule has 1 aliphatic rings. The number of anilines is 2. The standard InChI is InChI=1S/C21H23N7O3/c1-27-21-14(9-23-27)20(25-19(26-21)12-5-6-12)24-17-10-28(11-22-17)13-7-15(29-2)18(31-4)16(8-13)30-3/h7-12H,5-6H2,1-4H3,(H,24,25,26). The van der Waals surface area contributed by atoms with Gasteiger partial charge in [-0.05, 0) is 12.8 Å². The summed E-state index contributed by atoms with van der Waals surface area (Å²) in [6, 6.07) is 3.73. The lowest BCUT2D eigenvalue weighted by Crippen LogP contribution is -2.02. The molecule has 0 aliphatic heterocycles. The molecule has 0 bridgehead atoms. The van der Waals surface area contributed by atoms with Gasteiger partial charge in [0, 0.05) is 25.1 Å². The number of hydrogen-bond donors (Lipinski definition) is 1. The second-order valence-electron chi connectivity index (χ2n) is 7.38. The maximum Gasteiger partial charge on any atom is 0.203 e. The number of hydrogen-bond acceptors (Lipinski definition) is 8. The highest BCUT2D eigenvalue weighted by Gasteiger charge is 2.28. The van der Waals surface area contributed by atoms with Gasteiger partial charge < -0.3 is 24.1 Å². The lowest BCUT2D eigenvalue weighted by molar-refractivity contribution is 0.324. The predicted molar refractivity (Wildman–Crippen MR) is 115 cm³/mol. The lowest BCUT2D eigenvalue weighted by Gasteiger charge is -2.14. The van der Waals surface area contributed by atoms with Gasteiger partial charge in [0.2, 0.25) is 5.75 Å². The van der Waals surface area contributed by atoms with Gasteiger partial charge in [-0.15, -0.1) is 0 Å². The number of aryl methyl sites for hydroxylation is 1. The topological polar surface area (TPSA) is 101 Å². The number of nitrogens with zero attached hydrogens (tertiary/aromatic N) is 6. The van der Waals surface area contributed by atoms with Crippen LogP contribution in [0.1, 0.15) is 24.6 Å². The zero-order valence-electron chi connectivity index (χ0n) is 17.8. The van der Waals surface area contributed by atoms with Crippen molar-refractivity contribution in [2.75, 3.05) is 26.6 Å². The van der Waals surface area contributed by atoms with Crippen molar-refractivity contribution < 1.29 is 14.2 Å². The van der Waals surface area contributed by atoms with Crippen LogP contribution < -0.4 is 19.5 Å². The van der Waals surface area contributed by atoms with Crippen LogP contribution in [-0.2, 0) is 7.05 Å². The fourth-order valence-electron chi connectivity index (χ4n) is 3.52. The number of aromatic nitrogens is 6. The van der Waals surface area contributed by atoms with Gasteiger partial charge in [-0.3, -0.25) is 4.68 Å². The number of imidazole rings is 1. The van der Waals surface area contributed by atoms with Crippen LogP contribution in [0, 0.1) is 0 Å². The number of ether oxygens (including phenoxy) is 3. The summed E-state index contributed by atoms with van der Waals surface area (Å²) >= 11 is 0. The first kappa shape index (κ1) is 19.2. The third-order valence-corrected chi connectivity index (χ3v) is 5.33. The van der Waals surface area contributed by atoms with Gasteiger partial charge >= 0.3 is 0 Å². The van der Waals surface area contributed by atoms with Gasteiger partial charge in [0.1, 0.15) is 23.8 Å². The average molecular weight is 421 g/mol. The van der Waals surface area contributed by atoms with Gasteiger partial charge in [0.15, 0.2) is 17.1 Å². The van der Waals surface area contributed by atoms with E-state index in [1.54, 1.807) is 38.5 Å². The Bertz CT molecular complexity index is 1230. The van der Waals surface area contributed by atoms with E-state index in [0.717, 1.165) is 35.4 Å². The maximum atomic E-state index is 5.45. The summed E-state index contributed by atoms with van der Waals surface area (Å²) in [5.74, 6) is 4.32. The minimum absolute atomic E-state index is 0.427. The molecule has 1 aliphatic carbocycles. The second kappa shape index (κ2) is 7.46. The average Bonchev–Trinajstić information content (AvgIpc) is 3.43. The second-order valence-corrected chi connectivity index (χ2v) is 7.38. The van der Waals surface area contributed by atoms with E-state index in [9.17, 15) is 0 Å². The summed E-state index contributed by atoms with van der Waals surface area (Å²) in [5, 5.41) is 8.52. The molecule has 3 aromatic heterocycles. The molecule has 0 spiro atoms. The van der Waals surface area contributed by atoms with Crippen LogP contribution in [0.15, 0.2) is 30.9 Å². The number of fused-ring (bicyclic) bond motifs is 1. The van der Waals surface area contributed by atoms with E-state index in [1.807, 2.05) is 29.9 Å². The summed E-state index contributed by atoms with van der Waals surface area (Å²) < 4.78 is 19.9. The van der Waals surface area contributed by atoms with Crippen molar-refractivity contribution in [1.82, 2.24) is 29.3 Å². The van der Waals surface area contributed by atoms with Crippen molar-refractivity contribution in [3.8, 4) is 22.9 Å². The highest BCUT2D eigenvalue weighted by atomic mass is 16.5. The molecule has 3 heterocycles. The molecule has 1 saturated carbocycles. The van der Waals surface area contributed by atoms with Crippen LogP contribution in [0.5, 0.6) is 17.2 Å². The molecule has 0 saturated heterocycles. The smallest absolute Gasteiger partial charge is 0.203 e. The molecule has 1 aromatic carbocycles. The van der Waals surface area contributed by atoms with E-state index in [2.05, 4.69) is 15.4 Å². The Labute approximate surface area is 178 Å². The molecular weight excluding hydrogens is 398 g/mol. The van der Waals surface area contributed by atoms with Crippen molar-refractivity contribution in [3.63, 3.8) is 0 Å². The molecular formula is C21H23N7O3. The van der Waals surface area contributed by atoms with Crippen LogP contribution >= 0.6 is 0 Å². The molecule has 0 amide bonds. The lowest BCUT2D eigenvalue weighted by atomic mass is 10.2. The minimum Gasteiger partial charge on any atom is -0.493 e. The Morgan fingerprint density at radius 3 is 2.42 bits per heavy atom. The number of methoxy groups -OCH3 is 3. The van der Waals surface area contributed by atoms with Crippen molar-refractivity contribution in [1.29, 1.82) is 0 Å². The van der Waals surface area contributed by atoms with E-state index >= 15 is 0 Å². The highest BCUT2D eigenvalue weighted by Crippen LogP contribution is 2.40. The van der Waals surface area contributed by atoms with Crippen LogP contribution in [-0.4, -0.2) is 50.6 Å². The largest absolute Gasteiger partial charge is 0.493 e. The van der Waals surface area contributed by atoms with Gasteiger partial charge in [-0.2, -0.15) is 5.10 Å². The van der Waals surface area contributed by atoms with Crippen molar-refractivity contribution in [2.45, 2.75) is 18.8 Å². The van der Waals surface area contributed by atoms with E-state index in [0.29, 0.717) is 34.8 Å². The Morgan fingerprint density at radius 2 is 1.77 bits per heavy atom. The summed E-state index contributed by atoms with van der Waals surface area (Å²) in [7, 11) is 6.65. The molecule has 0 radical (unpaired) electrons. The van der Waals surface area contributed by atoms with Crippen LogP contribution in [0.3, 0.4) is 0 Å². The fourth-order valence-corrected chi connectivity index (χ4v) is 3.52. The summed E-state index contributed by atoms with van der Waals surface area (Å²) in [6.45, 7) is 0. The number of nitrogens with one attached hydrogen (secondary N) is 1. The van der Waals surface area contributed by atoms with Gasteiger partial charge in [0.25, 0.3) is 0 Å². The molecule has 4 aromatic rings. The molecule has 0 unspecified atom stereocenters. The zero-order valence-corrected chi connectivity index (χ0v) is 17.8. The molecule has 1 fully saturated rings. The van der Waals surface area contributed by atoms with E-state index in [4.69, 9.17) is 24.2 Å². The van der Waals surface area contributed by atoms with Crippen molar-refractivity contribution >= 4 is 22.7 Å². The van der Waals surface area contributed by atoms with E-state index < -0.39 is 0 Å². The first-order valence-corrected chi connectivity index (χ1v) is 9.92. The van der Waals surface area contributed by atoms with Gasteiger partial charge in [-0.1, -0.05) is 0 Å². The molecule has 1 N–H and O–H groups in total. The Morgan fingerprint density at radius 1 is 1.03 bits per heavy atom. The number of benzene rings is 1. The summed E-state index contributed by atoms with van der Waals surface area (Å²) in [6.07, 6.45) is 7.61. The van der Waals surface area contributed by atoms with Crippen LogP contribution in [0.25, 0.3) is 16.7 Å². The maximum absolute atomic E-state index is 5.45. The molecule has 0 atom stereocenters. The zero-order chi connectivity index (χ0) is 21.5. The van der Waals surface area contributed by atoms with Crippen LogP contribution in [0.2, 0.25) is 0 Å². The van der Waals surface area contributed by atoms with Gasteiger partial charge in [-0.25, -0.2) is 15.0 Å². The summed E-state index contributed by atoms with van der Waals surface area (Å²) in [4.78, 5) is 13.9. The SMILES string of the molecule is COc1cc(-n2cnc(Nc3nc(C4CC4)nc4c3cnn4C)c2)cc(OC)c1OC. The minimum atomic E-state index is 0.427. The molecule has 31 heavy (non-hydrogen) atoms. The fraction of sp³-hybridized carbons (Fsp3) is 0.333. The monoisotopic (exact) mass is 421 g/mol. The Balaban J connectivity index is 1.50. The van der Waals surface area contributed by atoms with E-state index in [-0.39, 0.29) is 0 Å². The molecule has 10 heteroatoms. The van der Waals surface area contributed by atoms with E-state index in [1.165, 1.54) is 0 Å². The first-order valence-electron chi connectivity index (χ1n) is 9.92. The Hall–Kier alpha value is -3.82.